The number of anilines is 2. The predicted molar refractivity (Wildman–Crippen MR) is 99.5 cm³/mol. The van der Waals surface area contributed by atoms with Gasteiger partial charge in [-0.3, -0.25) is 9.80 Å². The lowest BCUT2D eigenvalue weighted by atomic mass is 9.88. The number of carbonyl (C=O) groups is 1. The maximum absolute atomic E-state index is 12.1. The summed E-state index contributed by atoms with van der Waals surface area (Å²) in [5.41, 5.74) is 1.05. The number of rotatable bonds is 2. The molecular formula is C18H18N6OS. The molecule has 1 N–H and O–H groups in total. The second-order valence-corrected chi connectivity index (χ2v) is 7.40. The van der Waals surface area contributed by atoms with E-state index in [1.165, 1.54) is 11.8 Å². The van der Waals surface area contributed by atoms with Gasteiger partial charge in [0.25, 0.3) is 0 Å². The van der Waals surface area contributed by atoms with Gasteiger partial charge in [-0.05, 0) is 24.5 Å². The van der Waals surface area contributed by atoms with E-state index in [9.17, 15) is 4.79 Å². The van der Waals surface area contributed by atoms with Gasteiger partial charge in [0.05, 0.1) is 12.6 Å². The normalized spacial score (nSPS) is 26.9. The lowest BCUT2D eigenvalue weighted by Crippen LogP contribution is -2.49. The Morgan fingerprint density at radius 3 is 3.04 bits per heavy atom. The smallest absolute Gasteiger partial charge is 0.189 e. The highest BCUT2D eigenvalue weighted by Gasteiger charge is 2.50. The van der Waals surface area contributed by atoms with Crippen LogP contribution in [0.15, 0.2) is 47.9 Å². The monoisotopic (exact) mass is 366 g/mol. The van der Waals surface area contributed by atoms with E-state index in [4.69, 9.17) is 0 Å². The summed E-state index contributed by atoms with van der Waals surface area (Å²) in [6, 6.07) is 5.93. The van der Waals surface area contributed by atoms with Crippen molar-refractivity contribution in [3.05, 3.63) is 48.3 Å². The molecule has 2 aliphatic heterocycles. The van der Waals surface area contributed by atoms with E-state index in [2.05, 4.69) is 30.3 Å². The number of nitrogens with one attached hydrogen (secondary N) is 1. The summed E-state index contributed by atoms with van der Waals surface area (Å²) < 4.78 is 0. The molecule has 3 aliphatic rings. The van der Waals surface area contributed by atoms with Gasteiger partial charge in [-0.2, -0.15) is 5.01 Å². The van der Waals surface area contributed by atoms with Crippen molar-refractivity contribution in [1.29, 1.82) is 0 Å². The van der Waals surface area contributed by atoms with Gasteiger partial charge in [0, 0.05) is 30.3 Å². The zero-order valence-corrected chi connectivity index (χ0v) is 15.1. The fourth-order valence-electron chi connectivity index (χ4n) is 4.03. The number of allylic oxidation sites excluding steroid dienone is 1. The summed E-state index contributed by atoms with van der Waals surface area (Å²) in [7, 11) is 0. The van der Waals surface area contributed by atoms with Crippen LogP contribution in [0.3, 0.4) is 0 Å². The summed E-state index contributed by atoms with van der Waals surface area (Å²) in [6.45, 7) is 0.688. The van der Waals surface area contributed by atoms with Crippen LogP contribution >= 0.6 is 11.8 Å². The van der Waals surface area contributed by atoms with Gasteiger partial charge in [0.15, 0.2) is 10.9 Å². The second kappa shape index (κ2) is 6.07. The van der Waals surface area contributed by atoms with Crippen LogP contribution in [-0.4, -0.2) is 44.2 Å². The zero-order valence-electron chi connectivity index (χ0n) is 14.2. The summed E-state index contributed by atoms with van der Waals surface area (Å²) in [5, 5.41) is 8.77. The number of aromatic nitrogens is 3. The largest absolute Gasteiger partial charge is 0.352 e. The molecule has 0 spiro atoms. The molecule has 0 bridgehead atoms. The quantitative estimate of drug-likeness (QED) is 0.640. The van der Waals surface area contributed by atoms with Crippen LogP contribution in [0.4, 0.5) is 11.6 Å². The second-order valence-electron chi connectivity index (χ2n) is 6.62. The van der Waals surface area contributed by atoms with E-state index in [1.807, 2.05) is 36.7 Å². The average Bonchev–Trinajstić information content (AvgIpc) is 2.98. The van der Waals surface area contributed by atoms with Crippen molar-refractivity contribution in [1.82, 2.24) is 20.0 Å². The number of thioether (sulfide) groups is 1. The Labute approximate surface area is 155 Å². The SMILES string of the molecule is CSc1ncc2c(n1)NC1C3C=CC(=O)CC3N(c3ccccn3)N1C2. The summed E-state index contributed by atoms with van der Waals surface area (Å²) in [4.78, 5) is 25.7. The minimum absolute atomic E-state index is 0.0449. The first-order valence-corrected chi connectivity index (χ1v) is 9.81. The predicted octanol–water partition coefficient (Wildman–Crippen LogP) is 2.10. The first-order chi connectivity index (χ1) is 12.7. The molecule has 0 aromatic carbocycles. The minimum Gasteiger partial charge on any atom is -0.352 e. The van der Waals surface area contributed by atoms with Crippen LogP contribution < -0.4 is 10.3 Å². The van der Waals surface area contributed by atoms with Crippen molar-refractivity contribution in [2.24, 2.45) is 5.92 Å². The van der Waals surface area contributed by atoms with E-state index in [-0.39, 0.29) is 23.9 Å². The van der Waals surface area contributed by atoms with Crippen molar-refractivity contribution >= 4 is 29.2 Å². The number of fused-ring (bicyclic) bond motifs is 4. The van der Waals surface area contributed by atoms with Crippen LogP contribution in [0, 0.1) is 5.92 Å². The van der Waals surface area contributed by atoms with Gasteiger partial charge >= 0.3 is 0 Å². The van der Waals surface area contributed by atoms with Gasteiger partial charge in [-0.1, -0.05) is 23.9 Å². The average molecular weight is 366 g/mol. The number of hydrogen-bond acceptors (Lipinski definition) is 8. The van der Waals surface area contributed by atoms with Gasteiger partial charge in [0.2, 0.25) is 0 Å². The molecule has 2 aromatic heterocycles. The Balaban J connectivity index is 1.58. The van der Waals surface area contributed by atoms with Gasteiger partial charge < -0.3 is 5.32 Å². The lowest BCUT2D eigenvalue weighted by Gasteiger charge is -2.38. The topological polar surface area (TPSA) is 74.2 Å². The third-order valence-electron chi connectivity index (χ3n) is 5.16. The van der Waals surface area contributed by atoms with Crippen LogP contribution in [0.5, 0.6) is 0 Å². The Kier molecular flexibility index (Phi) is 3.68. The molecule has 26 heavy (non-hydrogen) atoms. The number of carbonyl (C=O) groups excluding carboxylic acids is 1. The van der Waals surface area contributed by atoms with Gasteiger partial charge in [0.1, 0.15) is 17.8 Å². The Hall–Kier alpha value is -2.45. The highest BCUT2D eigenvalue weighted by molar-refractivity contribution is 7.98. The molecule has 1 fully saturated rings. The van der Waals surface area contributed by atoms with E-state index in [0.29, 0.717) is 13.0 Å². The third kappa shape index (κ3) is 2.40. The van der Waals surface area contributed by atoms with Crippen molar-refractivity contribution in [3.8, 4) is 0 Å². The number of hydrazine groups is 1. The molecule has 8 heteroatoms. The van der Waals surface area contributed by atoms with Crippen molar-refractivity contribution in [2.75, 3.05) is 16.6 Å². The maximum atomic E-state index is 12.1. The number of pyridine rings is 1. The molecule has 1 aliphatic carbocycles. The van der Waals surface area contributed by atoms with Gasteiger partial charge in [-0.15, -0.1) is 0 Å². The van der Waals surface area contributed by atoms with Crippen LogP contribution in [0.2, 0.25) is 0 Å². The Bertz CT molecular complexity index is 889. The summed E-state index contributed by atoms with van der Waals surface area (Å²) >= 11 is 1.53. The number of nitrogens with zero attached hydrogens (tertiary/aromatic N) is 5. The molecule has 3 unspecified atom stereocenters. The molecule has 5 rings (SSSR count). The molecule has 2 aromatic rings. The molecule has 0 radical (unpaired) electrons. The van der Waals surface area contributed by atoms with Crippen LogP contribution in [0.25, 0.3) is 0 Å². The highest BCUT2D eigenvalue weighted by Crippen LogP contribution is 2.42. The fraction of sp³-hybridized carbons (Fsp3) is 0.333. The van der Waals surface area contributed by atoms with Crippen LogP contribution in [-0.2, 0) is 11.3 Å². The van der Waals surface area contributed by atoms with Crippen molar-refractivity contribution in [2.45, 2.75) is 30.3 Å². The first kappa shape index (κ1) is 15.8. The number of hydrogen-bond donors (Lipinski definition) is 1. The standard InChI is InChI=1S/C18H18N6OS/c1-26-18-20-9-11-10-23-17(21-16(11)22-18)13-6-5-12(25)8-14(13)24(23)15-4-2-3-7-19-15/h2-7,9,13-14,17H,8,10H2,1H3,(H,20,21,22). The molecule has 3 atom stereocenters. The molecule has 0 saturated carbocycles. The summed E-state index contributed by atoms with van der Waals surface area (Å²) in [6.07, 6.45) is 9.93. The Morgan fingerprint density at radius 1 is 1.31 bits per heavy atom. The molecule has 132 valence electrons. The van der Waals surface area contributed by atoms with Crippen molar-refractivity contribution < 1.29 is 4.79 Å². The molecule has 7 nitrogen and oxygen atoms in total. The molecular weight excluding hydrogens is 348 g/mol. The van der Waals surface area contributed by atoms with Crippen LogP contribution in [0.1, 0.15) is 12.0 Å². The number of ketones is 1. The zero-order chi connectivity index (χ0) is 17.7. The third-order valence-corrected chi connectivity index (χ3v) is 5.72. The molecule has 4 heterocycles. The first-order valence-electron chi connectivity index (χ1n) is 8.59. The van der Waals surface area contributed by atoms with E-state index in [0.717, 1.165) is 22.4 Å². The van der Waals surface area contributed by atoms with E-state index in [1.54, 1.807) is 12.3 Å². The van der Waals surface area contributed by atoms with E-state index < -0.39 is 0 Å². The Morgan fingerprint density at radius 2 is 2.23 bits per heavy atom. The van der Waals surface area contributed by atoms with Crippen molar-refractivity contribution in [3.63, 3.8) is 0 Å². The minimum atomic E-state index is 0.0449. The molecule has 0 amide bonds. The van der Waals surface area contributed by atoms with Gasteiger partial charge in [-0.25, -0.2) is 15.0 Å². The lowest BCUT2D eigenvalue weighted by molar-refractivity contribution is -0.115. The fourth-order valence-corrected chi connectivity index (χ4v) is 4.37. The maximum Gasteiger partial charge on any atom is 0.189 e. The highest BCUT2D eigenvalue weighted by atomic mass is 32.2. The van der Waals surface area contributed by atoms with E-state index >= 15 is 0 Å². The molecule has 1 saturated heterocycles. The summed E-state index contributed by atoms with van der Waals surface area (Å²) in [5.74, 6) is 2.10.